The Balaban J connectivity index is 0.00000220. The van der Waals surface area contributed by atoms with Crippen LogP contribution < -0.4 is 0 Å². The molecule has 0 fully saturated rings. The van der Waals surface area contributed by atoms with Crippen LogP contribution in [-0.4, -0.2) is 27.4 Å². The molecule has 1 aromatic heterocycles. The number of fused-ring (bicyclic) bond motifs is 1. The molecular formula is C14H17F3N2O2. The van der Waals surface area contributed by atoms with E-state index in [0.29, 0.717) is 19.3 Å². The highest BCUT2D eigenvalue weighted by molar-refractivity contribution is 5.83. The molecule has 7 heteroatoms. The molecule has 0 saturated heterocycles. The summed E-state index contributed by atoms with van der Waals surface area (Å²) in [6, 6.07) is 7.63. The lowest BCUT2D eigenvalue weighted by molar-refractivity contribution is -0.171. The molecule has 0 bridgehead atoms. The lowest BCUT2D eigenvalue weighted by Crippen LogP contribution is -2.22. The Morgan fingerprint density at radius 3 is 2.52 bits per heavy atom. The van der Waals surface area contributed by atoms with E-state index in [4.69, 9.17) is 0 Å². The lowest BCUT2D eigenvalue weighted by atomic mass is 10.1. The zero-order valence-electron chi connectivity index (χ0n) is 11.3. The van der Waals surface area contributed by atoms with Gasteiger partial charge in [-0.3, -0.25) is 4.79 Å². The Labute approximate surface area is 119 Å². The summed E-state index contributed by atoms with van der Waals surface area (Å²) in [7, 11) is 0. The summed E-state index contributed by atoms with van der Waals surface area (Å²) in [6.07, 6.45) is -2.89. The highest BCUT2D eigenvalue weighted by Crippen LogP contribution is 2.20. The molecule has 0 aliphatic rings. The molecule has 1 aromatic carbocycles. The molecule has 1 heterocycles. The number of Topliss-reactive ketones (excluding diaryl/α,β-unsaturated/α-hetero) is 1. The molecule has 0 aliphatic carbocycles. The van der Waals surface area contributed by atoms with Crippen LogP contribution in [0.2, 0.25) is 0 Å². The number of rotatable bonds is 6. The minimum atomic E-state index is -4.70. The van der Waals surface area contributed by atoms with Gasteiger partial charge in [-0.05, 0) is 25.0 Å². The fraction of sp³-hybridized carbons (Fsp3) is 0.429. The number of aromatic amines is 1. The SMILES string of the molecule is O.O=C(CCCCCc1nc2ccccc2[nH]1)C(F)(F)F. The van der Waals surface area contributed by atoms with E-state index in [1.54, 1.807) is 0 Å². The number of ketones is 1. The largest absolute Gasteiger partial charge is 0.449 e. The summed E-state index contributed by atoms with van der Waals surface area (Å²) >= 11 is 0. The van der Waals surface area contributed by atoms with Crippen LogP contribution in [0.4, 0.5) is 13.2 Å². The number of unbranched alkanes of at least 4 members (excludes halogenated alkanes) is 2. The van der Waals surface area contributed by atoms with Crippen LogP contribution in [0.15, 0.2) is 24.3 Å². The number of nitrogens with one attached hydrogen (secondary N) is 1. The molecule has 3 N–H and O–H groups in total. The number of carbonyl (C=O) groups excluding carboxylic acids is 1. The van der Waals surface area contributed by atoms with Gasteiger partial charge in [0.1, 0.15) is 5.82 Å². The second-order valence-corrected chi connectivity index (χ2v) is 4.68. The van der Waals surface area contributed by atoms with Crippen molar-refractivity contribution in [3.63, 3.8) is 0 Å². The molecule has 21 heavy (non-hydrogen) atoms. The van der Waals surface area contributed by atoms with E-state index in [0.717, 1.165) is 16.9 Å². The molecule has 0 radical (unpaired) electrons. The Bertz CT molecular complexity index is 560. The van der Waals surface area contributed by atoms with Crippen molar-refractivity contribution in [1.29, 1.82) is 0 Å². The first kappa shape index (κ1) is 17.2. The number of nitrogens with zero attached hydrogens (tertiary/aromatic N) is 1. The molecule has 116 valence electrons. The smallest absolute Gasteiger partial charge is 0.412 e. The van der Waals surface area contributed by atoms with Gasteiger partial charge in [-0.15, -0.1) is 0 Å². The number of alkyl halides is 3. The fourth-order valence-electron chi connectivity index (χ4n) is 2.02. The quantitative estimate of drug-likeness (QED) is 0.833. The van der Waals surface area contributed by atoms with E-state index in [9.17, 15) is 18.0 Å². The maximum absolute atomic E-state index is 12.0. The predicted octanol–water partition coefficient (Wildman–Crippen LogP) is 2.97. The molecule has 4 nitrogen and oxygen atoms in total. The Kier molecular flexibility index (Phi) is 5.90. The Morgan fingerprint density at radius 2 is 1.86 bits per heavy atom. The van der Waals surface area contributed by atoms with Crippen molar-refractivity contribution in [2.75, 3.05) is 0 Å². The zero-order chi connectivity index (χ0) is 14.6. The fourth-order valence-corrected chi connectivity index (χ4v) is 2.02. The van der Waals surface area contributed by atoms with Crippen LogP contribution in [0.1, 0.15) is 31.5 Å². The third-order valence-electron chi connectivity index (χ3n) is 3.07. The first-order valence-corrected chi connectivity index (χ1v) is 6.50. The number of carbonyl (C=O) groups is 1. The number of hydrogen-bond donors (Lipinski definition) is 1. The summed E-state index contributed by atoms with van der Waals surface area (Å²) in [5.74, 6) is -0.811. The third-order valence-corrected chi connectivity index (χ3v) is 3.07. The van der Waals surface area contributed by atoms with Crippen LogP contribution in [0.5, 0.6) is 0 Å². The van der Waals surface area contributed by atoms with Gasteiger partial charge in [0, 0.05) is 12.8 Å². The van der Waals surface area contributed by atoms with Gasteiger partial charge in [-0.1, -0.05) is 18.6 Å². The number of benzene rings is 1. The van der Waals surface area contributed by atoms with Gasteiger partial charge < -0.3 is 10.5 Å². The number of H-pyrrole nitrogens is 1. The number of halogens is 3. The van der Waals surface area contributed by atoms with Crippen molar-refractivity contribution in [1.82, 2.24) is 9.97 Å². The third kappa shape index (κ3) is 4.86. The number of hydrogen-bond acceptors (Lipinski definition) is 2. The highest BCUT2D eigenvalue weighted by atomic mass is 19.4. The van der Waals surface area contributed by atoms with Crippen LogP contribution in [0, 0.1) is 0 Å². The Morgan fingerprint density at radius 1 is 1.14 bits per heavy atom. The molecule has 0 aliphatic heterocycles. The van der Waals surface area contributed by atoms with Gasteiger partial charge >= 0.3 is 6.18 Å². The highest BCUT2D eigenvalue weighted by Gasteiger charge is 2.36. The first-order valence-electron chi connectivity index (χ1n) is 6.50. The van der Waals surface area contributed by atoms with Gasteiger partial charge in [0.15, 0.2) is 0 Å². The molecule has 2 aromatic rings. The topological polar surface area (TPSA) is 77.2 Å². The number of aromatic nitrogens is 2. The van der Waals surface area contributed by atoms with Crippen molar-refractivity contribution in [2.24, 2.45) is 0 Å². The molecule has 0 unspecified atom stereocenters. The van der Waals surface area contributed by atoms with Crippen molar-refractivity contribution < 1.29 is 23.4 Å². The number of aryl methyl sites for hydroxylation is 1. The minimum absolute atomic E-state index is 0. The average Bonchev–Trinajstić information content (AvgIpc) is 2.79. The Hall–Kier alpha value is -1.89. The summed E-state index contributed by atoms with van der Waals surface area (Å²) < 4.78 is 35.9. The van der Waals surface area contributed by atoms with Gasteiger partial charge in [0.25, 0.3) is 0 Å². The van der Waals surface area contributed by atoms with Crippen LogP contribution in [-0.2, 0) is 11.2 Å². The minimum Gasteiger partial charge on any atom is -0.412 e. The van der Waals surface area contributed by atoms with Crippen molar-refractivity contribution >= 4 is 16.8 Å². The van der Waals surface area contributed by atoms with Gasteiger partial charge in [-0.25, -0.2) is 4.98 Å². The van der Waals surface area contributed by atoms with E-state index in [1.807, 2.05) is 24.3 Å². The van der Waals surface area contributed by atoms with Gasteiger partial charge in [0.05, 0.1) is 11.0 Å². The van der Waals surface area contributed by atoms with E-state index < -0.39 is 18.4 Å². The first-order chi connectivity index (χ1) is 9.47. The van der Waals surface area contributed by atoms with Crippen molar-refractivity contribution in [3.05, 3.63) is 30.1 Å². The van der Waals surface area contributed by atoms with E-state index >= 15 is 0 Å². The molecule has 0 atom stereocenters. The number of imidazole rings is 1. The standard InChI is InChI=1S/C14H15F3N2O.H2O/c15-14(16,17)12(20)8-2-1-3-9-13-18-10-6-4-5-7-11(10)19-13;/h4-7H,1-3,8-9H2,(H,18,19);1H2. The van der Waals surface area contributed by atoms with Crippen LogP contribution in [0.25, 0.3) is 11.0 Å². The van der Waals surface area contributed by atoms with E-state index in [1.165, 1.54) is 0 Å². The molecule has 0 spiro atoms. The van der Waals surface area contributed by atoms with Gasteiger partial charge in [-0.2, -0.15) is 13.2 Å². The summed E-state index contributed by atoms with van der Waals surface area (Å²) in [6.45, 7) is 0. The van der Waals surface area contributed by atoms with E-state index in [-0.39, 0.29) is 11.9 Å². The summed E-state index contributed by atoms with van der Waals surface area (Å²) in [4.78, 5) is 18.2. The predicted molar refractivity (Wildman–Crippen MR) is 72.9 cm³/mol. The molecular weight excluding hydrogens is 285 g/mol. The van der Waals surface area contributed by atoms with E-state index in [2.05, 4.69) is 9.97 Å². The van der Waals surface area contributed by atoms with Crippen molar-refractivity contribution in [2.45, 2.75) is 38.3 Å². The van der Waals surface area contributed by atoms with Gasteiger partial charge in [0.2, 0.25) is 5.78 Å². The lowest BCUT2D eigenvalue weighted by Gasteiger charge is -2.04. The zero-order valence-corrected chi connectivity index (χ0v) is 11.3. The average molecular weight is 302 g/mol. The summed E-state index contributed by atoms with van der Waals surface area (Å²) in [5, 5.41) is 0. The molecule has 2 rings (SSSR count). The maximum Gasteiger partial charge on any atom is 0.449 e. The maximum atomic E-state index is 12.0. The molecule has 0 saturated carbocycles. The monoisotopic (exact) mass is 302 g/mol. The second kappa shape index (κ2) is 7.21. The van der Waals surface area contributed by atoms with Crippen LogP contribution >= 0.6 is 0 Å². The van der Waals surface area contributed by atoms with Crippen molar-refractivity contribution in [3.8, 4) is 0 Å². The number of para-hydroxylation sites is 2. The normalized spacial score (nSPS) is 11.4. The summed E-state index contributed by atoms with van der Waals surface area (Å²) in [5.41, 5.74) is 1.84. The van der Waals surface area contributed by atoms with Crippen LogP contribution in [0.3, 0.4) is 0 Å². The molecule has 0 amide bonds. The second-order valence-electron chi connectivity index (χ2n) is 4.68.